The van der Waals surface area contributed by atoms with Gasteiger partial charge in [0.15, 0.2) is 11.6 Å². The monoisotopic (exact) mass is 345 g/mol. The van der Waals surface area contributed by atoms with Gasteiger partial charge in [0.1, 0.15) is 5.92 Å². The van der Waals surface area contributed by atoms with Crippen molar-refractivity contribution in [2.75, 3.05) is 7.05 Å². The molecule has 1 aromatic heterocycles. The first kappa shape index (κ1) is 18.2. The van der Waals surface area contributed by atoms with Crippen molar-refractivity contribution in [2.24, 2.45) is 11.5 Å². The van der Waals surface area contributed by atoms with E-state index < -0.39 is 23.9 Å². The summed E-state index contributed by atoms with van der Waals surface area (Å²) in [5.74, 6) is -1.77. The molecule has 2 rings (SSSR count). The second-order valence-corrected chi connectivity index (χ2v) is 5.35. The van der Waals surface area contributed by atoms with Crippen LogP contribution in [0.3, 0.4) is 0 Å². The Hall–Kier alpha value is -3.14. The van der Waals surface area contributed by atoms with Crippen LogP contribution >= 0.6 is 0 Å². The van der Waals surface area contributed by atoms with Crippen LogP contribution in [-0.4, -0.2) is 51.0 Å². The molecule has 5 N–H and O–H groups in total. The Labute approximate surface area is 143 Å². The number of nitrogens with one attached hydrogen (secondary N) is 1. The maximum atomic E-state index is 12.8. The third-order valence-corrected chi connectivity index (χ3v) is 3.57. The summed E-state index contributed by atoms with van der Waals surface area (Å²) in [4.78, 5) is 36.1. The fraction of sp³-hybridized carbons (Fsp3) is 0.333. The van der Waals surface area contributed by atoms with Crippen molar-refractivity contribution >= 4 is 17.7 Å². The number of amides is 2. The third-order valence-electron chi connectivity index (χ3n) is 3.57. The minimum Gasteiger partial charge on any atom is -0.370 e. The van der Waals surface area contributed by atoms with Gasteiger partial charge in [-0.25, -0.2) is 4.79 Å². The summed E-state index contributed by atoms with van der Waals surface area (Å²) < 4.78 is 0. The molecule has 10 heteroatoms. The van der Waals surface area contributed by atoms with Gasteiger partial charge in [0.05, 0.1) is 6.04 Å². The SMILES string of the molecule is CNC(=O)n1nnc(C(C(=O)[C@@H](N)CCC(N)=O)c2ccccc2)n1. The lowest BCUT2D eigenvalue weighted by Gasteiger charge is -2.17. The van der Waals surface area contributed by atoms with E-state index in [9.17, 15) is 14.4 Å². The summed E-state index contributed by atoms with van der Waals surface area (Å²) >= 11 is 0. The van der Waals surface area contributed by atoms with Crippen molar-refractivity contribution in [3.63, 3.8) is 0 Å². The Balaban J connectivity index is 2.34. The number of benzene rings is 1. The predicted octanol–water partition coefficient (Wildman–Crippen LogP) is -0.846. The lowest BCUT2D eigenvalue weighted by Crippen LogP contribution is -2.36. The van der Waals surface area contributed by atoms with E-state index in [4.69, 9.17) is 11.5 Å². The van der Waals surface area contributed by atoms with E-state index in [-0.39, 0.29) is 24.4 Å². The number of nitrogens with zero attached hydrogens (tertiary/aromatic N) is 4. The molecule has 0 aliphatic rings. The van der Waals surface area contributed by atoms with Crippen molar-refractivity contribution < 1.29 is 14.4 Å². The number of aromatic nitrogens is 4. The van der Waals surface area contributed by atoms with Gasteiger partial charge in [0, 0.05) is 13.5 Å². The quantitative estimate of drug-likeness (QED) is 0.589. The molecule has 0 saturated carbocycles. The zero-order valence-electron chi connectivity index (χ0n) is 13.6. The molecule has 25 heavy (non-hydrogen) atoms. The van der Waals surface area contributed by atoms with Crippen molar-refractivity contribution in [1.82, 2.24) is 25.5 Å². The highest BCUT2D eigenvalue weighted by Crippen LogP contribution is 2.24. The van der Waals surface area contributed by atoms with E-state index in [0.717, 1.165) is 4.80 Å². The number of hydrogen-bond acceptors (Lipinski definition) is 7. The second kappa shape index (κ2) is 8.11. The minimum atomic E-state index is -0.926. The molecule has 1 unspecified atom stereocenters. The van der Waals surface area contributed by atoms with Gasteiger partial charge in [-0.3, -0.25) is 9.59 Å². The largest absolute Gasteiger partial charge is 0.370 e. The van der Waals surface area contributed by atoms with Crippen LogP contribution in [0.1, 0.15) is 30.1 Å². The van der Waals surface area contributed by atoms with E-state index in [1.54, 1.807) is 30.3 Å². The molecule has 2 amide bonds. The molecule has 10 nitrogen and oxygen atoms in total. The first-order valence-electron chi connectivity index (χ1n) is 7.58. The van der Waals surface area contributed by atoms with Crippen LogP contribution in [0.15, 0.2) is 30.3 Å². The number of primary amides is 1. The maximum Gasteiger partial charge on any atom is 0.360 e. The Morgan fingerprint density at radius 1 is 1.24 bits per heavy atom. The van der Waals surface area contributed by atoms with Gasteiger partial charge in [-0.1, -0.05) is 35.1 Å². The summed E-state index contributed by atoms with van der Waals surface area (Å²) in [5, 5.41) is 13.8. The summed E-state index contributed by atoms with van der Waals surface area (Å²) in [5.41, 5.74) is 11.6. The van der Waals surface area contributed by atoms with E-state index in [0.29, 0.717) is 5.56 Å². The molecule has 0 fully saturated rings. The number of nitrogens with two attached hydrogens (primary N) is 2. The van der Waals surface area contributed by atoms with Gasteiger partial charge >= 0.3 is 6.03 Å². The normalized spacial score (nSPS) is 13.0. The highest BCUT2D eigenvalue weighted by molar-refractivity contribution is 5.92. The fourth-order valence-electron chi connectivity index (χ4n) is 2.27. The zero-order valence-corrected chi connectivity index (χ0v) is 13.6. The smallest absolute Gasteiger partial charge is 0.360 e. The Bertz CT molecular complexity index is 759. The molecule has 2 aromatic rings. The molecule has 0 spiro atoms. The number of rotatable bonds is 7. The van der Waals surface area contributed by atoms with E-state index in [2.05, 4.69) is 20.7 Å². The zero-order chi connectivity index (χ0) is 18.4. The van der Waals surface area contributed by atoms with Crippen LogP contribution < -0.4 is 16.8 Å². The molecule has 0 saturated heterocycles. The summed E-state index contributed by atoms with van der Waals surface area (Å²) in [6, 6.07) is 7.25. The average molecular weight is 345 g/mol. The van der Waals surface area contributed by atoms with Crippen LogP contribution in [0.25, 0.3) is 0 Å². The number of carbonyl (C=O) groups excluding carboxylic acids is 3. The van der Waals surface area contributed by atoms with Crippen LogP contribution in [0.2, 0.25) is 0 Å². The molecule has 0 aliphatic carbocycles. The average Bonchev–Trinajstić information content (AvgIpc) is 3.09. The van der Waals surface area contributed by atoms with Crippen LogP contribution in [0, 0.1) is 0 Å². The Morgan fingerprint density at radius 3 is 2.52 bits per heavy atom. The number of carbonyl (C=O) groups is 3. The molecule has 0 radical (unpaired) electrons. The van der Waals surface area contributed by atoms with Crippen molar-refractivity contribution in [3.8, 4) is 0 Å². The lowest BCUT2D eigenvalue weighted by atomic mass is 9.89. The number of hydrogen-bond donors (Lipinski definition) is 3. The number of tetrazole rings is 1. The highest BCUT2D eigenvalue weighted by atomic mass is 16.2. The molecular weight excluding hydrogens is 326 g/mol. The predicted molar refractivity (Wildman–Crippen MR) is 87.4 cm³/mol. The molecule has 132 valence electrons. The van der Waals surface area contributed by atoms with Crippen LogP contribution in [0.4, 0.5) is 4.79 Å². The topological polar surface area (TPSA) is 159 Å². The second-order valence-electron chi connectivity index (χ2n) is 5.35. The van der Waals surface area contributed by atoms with Crippen molar-refractivity contribution in [3.05, 3.63) is 41.7 Å². The fourth-order valence-corrected chi connectivity index (χ4v) is 2.27. The molecule has 2 atom stereocenters. The van der Waals surface area contributed by atoms with Gasteiger partial charge in [-0.15, -0.1) is 10.2 Å². The molecular formula is C15H19N7O3. The highest BCUT2D eigenvalue weighted by Gasteiger charge is 2.31. The lowest BCUT2D eigenvalue weighted by molar-refractivity contribution is -0.121. The van der Waals surface area contributed by atoms with Crippen LogP contribution in [0.5, 0.6) is 0 Å². The molecule has 1 heterocycles. The standard InChI is InChI=1S/C15H19N7O3/c1-18-15(25)22-20-14(19-21-22)12(9-5-3-2-4-6-9)13(24)10(16)7-8-11(17)23/h2-6,10,12H,7-8,16H2,1H3,(H2,17,23)(H,18,25)/t10-,12?/m0/s1. The van der Waals surface area contributed by atoms with E-state index in [1.165, 1.54) is 7.05 Å². The summed E-state index contributed by atoms with van der Waals surface area (Å²) in [6.07, 6.45) is 0.105. The molecule has 0 bridgehead atoms. The first-order chi connectivity index (χ1) is 11.9. The number of Topliss-reactive ketones (excluding diaryl/α,β-unsaturated/α-hetero) is 1. The van der Waals surface area contributed by atoms with Gasteiger partial charge in [-0.05, 0) is 17.2 Å². The van der Waals surface area contributed by atoms with Crippen LogP contribution in [-0.2, 0) is 9.59 Å². The summed E-state index contributed by atoms with van der Waals surface area (Å²) in [7, 11) is 1.42. The summed E-state index contributed by atoms with van der Waals surface area (Å²) in [6.45, 7) is 0. The first-order valence-corrected chi connectivity index (χ1v) is 7.58. The maximum absolute atomic E-state index is 12.8. The minimum absolute atomic E-state index is 0.00717. The molecule has 0 aliphatic heterocycles. The van der Waals surface area contributed by atoms with Crippen molar-refractivity contribution in [1.29, 1.82) is 0 Å². The third kappa shape index (κ3) is 4.44. The van der Waals surface area contributed by atoms with Gasteiger partial charge in [0.2, 0.25) is 5.91 Å². The van der Waals surface area contributed by atoms with E-state index in [1.807, 2.05) is 0 Å². The van der Waals surface area contributed by atoms with Gasteiger partial charge in [-0.2, -0.15) is 0 Å². The van der Waals surface area contributed by atoms with Gasteiger partial charge < -0.3 is 16.8 Å². The van der Waals surface area contributed by atoms with Crippen molar-refractivity contribution in [2.45, 2.75) is 24.8 Å². The Kier molecular flexibility index (Phi) is 5.90. The Morgan fingerprint density at radius 2 is 1.92 bits per heavy atom. The van der Waals surface area contributed by atoms with Gasteiger partial charge in [0.25, 0.3) is 0 Å². The number of ketones is 1. The molecule has 1 aromatic carbocycles. The van der Waals surface area contributed by atoms with E-state index >= 15 is 0 Å².